The van der Waals surface area contributed by atoms with Crippen molar-refractivity contribution >= 4 is 23.4 Å². The summed E-state index contributed by atoms with van der Waals surface area (Å²) in [5, 5.41) is 11.3. The molecule has 5 heteroatoms. The lowest BCUT2D eigenvalue weighted by molar-refractivity contribution is 0.0435. The number of benzene rings is 2. The van der Waals surface area contributed by atoms with Crippen LogP contribution in [0.5, 0.6) is 11.5 Å². The Morgan fingerprint density at radius 3 is 2.32 bits per heavy atom. The highest BCUT2D eigenvalue weighted by Crippen LogP contribution is 2.62. The number of fused-ring (bicyclic) bond motifs is 3. The third kappa shape index (κ3) is 3.70. The minimum absolute atomic E-state index is 0.00277. The number of halogens is 1. The number of rotatable bonds is 4. The topological polar surface area (TPSA) is 42.2 Å². The van der Waals surface area contributed by atoms with Crippen LogP contribution in [0.4, 0.5) is 0 Å². The van der Waals surface area contributed by atoms with Gasteiger partial charge < -0.3 is 9.47 Å². The number of nitrogens with zero attached hydrogens (tertiary/aromatic N) is 1. The van der Waals surface area contributed by atoms with Crippen LogP contribution in [-0.2, 0) is 5.41 Å². The maximum atomic E-state index is 10.1. The molecule has 0 bridgehead atoms. The average Bonchev–Trinajstić information content (AvgIpc) is 2.76. The molecule has 0 N–H and O–H groups in total. The molecule has 2 aliphatic carbocycles. The third-order valence-electron chi connectivity index (χ3n) is 7.69. The first kappa shape index (κ1) is 22.4. The molecule has 0 radical (unpaired) electrons. The van der Waals surface area contributed by atoms with E-state index in [1.165, 1.54) is 10.5 Å². The van der Waals surface area contributed by atoms with Gasteiger partial charge in [0, 0.05) is 15.2 Å². The van der Waals surface area contributed by atoms with Gasteiger partial charge in [-0.3, -0.25) is 0 Å². The second-order valence-electron chi connectivity index (χ2n) is 9.60. The number of thioether (sulfide) groups is 1. The van der Waals surface area contributed by atoms with E-state index in [1.807, 2.05) is 30.0 Å². The summed E-state index contributed by atoms with van der Waals surface area (Å²) in [6.07, 6.45) is 3.09. The highest BCUT2D eigenvalue weighted by Gasteiger charge is 2.55. The Bertz CT molecular complexity index is 1010. The van der Waals surface area contributed by atoms with E-state index in [0.29, 0.717) is 16.9 Å². The van der Waals surface area contributed by atoms with Crippen LogP contribution in [0.1, 0.15) is 57.1 Å². The number of methoxy groups -OCH3 is 2. The van der Waals surface area contributed by atoms with Crippen LogP contribution in [0, 0.1) is 22.7 Å². The van der Waals surface area contributed by atoms with Gasteiger partial charge in [-0.1, -0.05) is 32.4 Å². The van der Waals surface area contributed by atoms with Crippen LogP contribution in [0.2, 0.25) is 5.02 Å². The summed E-state index contributed by atoms with van der Waals surface area (Å²) >= 11 is 8.04. The molecular weight excluding hydrogens is 426 g/mol. The molecule has 0 aromatic heterocycles. The molecule has 0 spiro atoms. The second-order valence-corrected chi connectivity index (χ2v) is 11.3. The smallest absolute Gasteiger partial charge is 0.161 e. The van der Waals surface area contributed by atoms with Gasteiger partial charge in [0.1, 0.15) is 0 Å². The van der Waals surface area contributed by atoms with Gasteiger partial charge in [0.2, 0.25) is 0 Å². The Labute approximate surface area is 195 Å². The van der Waals surface area contributed by atoms with Crippen LogP contribution in [0.25, 0.3) is 0 Å². The van der Waals surface area contributed by atoms with Crippen molar-refractivity contribution in [2.24, 2.45) is 11.3 Å². The van der Waals surface area contributed by atoms with Crippen molar-refractivity contribution in [3.8, 4) is 17.6 Å². The number of hydrogen-bond donors (Lipinski definition) is 0. The first-order valence-electron chi connectivity index (χ1n) is 10.8. The SMILES string of the molecule is COc1cc2c(cc1OC)[C@@]1(C)CC[C@H](Sc3ccc(Cl)cc3)C(C)(C)[C@@H]1C[C@H]2C#N. The summed E-state index contributed by atoms with van der Waals surface area (Å²) in [6, 6.07) is 14.9. The average molecular weight is 456 g/mol. The predicted molar refractivity (Wildman–Crippen MR) is 127 cm³/mol. The zero-order chi connectivity index (χ0) is 22.4. The monoisotopic (exact) mass is 455 g/mol. The molecule has 0 aliphatic heterocycles. The van der Waals surface area contributed by atoms with Crippen LogP contribution in [-0.4, -0.2) is 19.5 Å². The lowest BCUT2D eigenvalue weighted by Gasteiger charge is -2.58. The maximum Gasteiger partial charge on any atom is 0.161 e. The van der Waals surface area contributed by atoms with Crippen molar-refractivity contribution in [2.45, 2.75) is 61.5 Å². The van der Waals surface area contributed by atoms with Crippen molar-refractivity contribution in [2.75, 3.05) is 14.2 Å². The molecule has 4 rings (SSSR count). The molecular formula is C26H30ClNO2S. The largest absolute Gasteiger partial charge is 0.493 e. The van der Waals surface area contributed by atoms with Gasteiger partial charge in [-0.15, -0.1) is 11.8 Å². The Balaban J connectivity index is 1.74. The zero-order valence-corrected chi connectivity index (χ0v) is 20.4. The van der Waals surface area contributed by atoms with E-state index in [1.54, 1.807) is 14.2 Å². The van der Waals surface area contributed by atoms with Crippen LogP contribution >= 0.6 is 23.4 Å². The number of hydrogen-bond acceptors (Lipinski definition) is 4. The van der Waals surface area contributed by atoms with E-state index in [2.05, 4.69) is 45.0 Å². The molecule has 3 nitrogen and oxygen atoms in total. The fourth-order valence-corrected chi connectivity index (χ4v) is 7.41. The predicted octanol–water partition coefficient (Wildman–Crippen LogP) is 7.22. The summed E-state index contributed by atoms with van der Waals surface area (Å²) in [6.45, 7) is 7.17. The van der Waals surface area contributed by atoms with Crippen LogP contribution in [0.3, 0.4) is 0 Å². The van der Waals surface area contributed by atoms with Crippen molar-refractivity contribution in [3.05, 3.63) is 52.5 Å². The third-order valence-corrected chi connectivity index (χ3v) is 9.61. The normalized spacial score (nSPS) is 28.7. The molecule has 0 unspecified atom stereocenters. The van der Waals surface area contributed by atoms with Crippen molar-refractivity contribution in [1.82, 2.24) is 0 Å². The second kappa shape index (κ2) is 8.26. The Morgan fingerprint density at radius 2 is 1.71 bits per heavy atom. The Kier molecular flexibility index (Phi) is 5.96. The minimum atomic E-state index is -0.133. The van der Waals surface area contributed by atoms with Crippen molar-refractivity contribution in [3.63, 3.8) is 0 Å². The van der Waals surface area contributed by atoms with Crippen LogP contribution in [0.15, 0.2) is 41.3 Å². The molecule has 2 aromatic carbocycles. The Hall–Kier alpha value is -1.83. The van der Waals surface area contributed by atoms with Crippen molar-refractivity contribution < 1.29 is 9.47 Å². The van der Waals surface area contributed by atoms with Crippen molar-refractivity contribution in [1.29, 1.82) is 5.26 Å². The molecule has 31 heavy (non-hydrogen) atoms. The fraction of sp³-hybridized carbons (Fsp3) is 0.500. The lowest BCUT2D eigenvalue weighted by Crippen LogP contribution is -2.53. The minimum Gasteiger partial charge on any atom is -0.493 e. The summed E-state index contributed by atoms with van der Waals surface area (Å²) in [5.74, 6) is 1.71. The number of ether oxygens (including phenoxy) is 2. The van der Waals surface area contributed by atoms with Gasteiger partial charge in [-0.05, 0) is 83.5 Å². The summed E-state index contributed by atoms with van der Waals surface area (Å²) in [4.78, 5) is 1.26. The van der Waals surface area contributed by atoms with E-state index in [0.717, 1.165) is 35.6 Å². The van der Waals surface area contributed by atoms with Crippen LogP contribution < -0.4 is 9.47 Å². The molecule has 0 amide bonds. The van der Waals surface area contributed by atoms with Gasteiger partial charge in [-0.25, -0.2) is 0 Å². The van der Waals surface area contributed by atoms with Gasteiger partial charge in [0.25, 0.3) is 0 Å². The molecule has 2 aromatic rings. The van der Waals surface area contributed by atoms with E-state index < -0.39 is 0 Å². The molecule has 0 saturated heterocycles. The highest BCUT2D eigenvalue weighted by atomic mass is 35.5. The standard InChI is InChI=1S/C26H30ClNO2S/c1-25(2)23-12-16(15-28)19-13-21(29-4)22(30-5)14-20(19)26(23,3)11-10-24(25)31-18-8-6-17(27)7-9-18/h6-9,13-14,16,23-24H,10-12H2,1-5H3/t16-,23-,24-,26+/m0/s1. The van der Waals surface area contributed by atoms with Gasteiger partial charge >= 0.3 is 0 Å². The number of nitriles is 1. The lowest BCUT2D eigenvalue weighted by atomic mass is 9.49. The first-order chi connectivity index (χ1) is 14.7. The van der Waals surface area contributed by atoms with E-state index >= 15 is 0 Å². The highest BCUT2D eigenvalue weighted by molar-refractivity contribution is 8.00. The molecule has 164 valence electrons. The quantitative estimate of drug-likeness (QED) is 0.487. The van der Waals surface area contributed by atoms with Gasteiger partial charge in [-0.2, -0.15) is 5.26 Å². The zero-order valence-electron chi connectivity index (χ0n) is 18.9. The van der Waals surface area contributed by atoms with Gasteiger partial charge in [0.15, 0.2) is 11.5 Å². The molecule has 1 fully saturated rings. The molecule has 0 heterocycles. The summed E-state index contributed by atoms with van der Waals surface area (Å²) in [5.41, 5.74) is 2.44. The maximum absolute atomic E-state index is 10.1. The van der Waals surface area contributed by atoms with E-state index in [-0.39, 0.29) is 16.7 Å². The van der Waals surface area contributed by atoms with E-state index in [4.69, 9.17) is 21.1 Å². The first-order valence-corrected chi connectivity index (χ1v) is 12.1. The molecule has 4 atom stereocenters. The molecule has 2 aliphatic rings. The Morgan fingerprint density at radius 1 is 1.06 bits per heavy atom. The van der Waals surface area contributed by atoms with E-state index in [9.17, 15) is 5.26 Å². The van der Waals surface area contributed by atoms with Gasteiger partial charge in [0.05, 0.1) is 26.2 Å². The fourth-order valence-electron chi connectivity index (χ4n) is 5.96. The molecule has 1 saturated carbocycles. The summed E-state index contributed by atoms with van der Waals surface area (Å²) < 4.78 is 11.2. The summed E-state index contributed by atoms with van der Waals surface area (Å²) in [7, 11) is 3.33.